The normalized spacial score (nSPS) is 10.2. The van der Waals surface area contributed by atoms with Crippen molar-refractivity contribution in [2.45, 2.75) is 104 Å². The van der Waals surface area contributed by atoms with E-state index in [-0.39, 0.29) is 0 Å². The van der Waals surface area contributed by atoms with Gasteiger partial charge in [-0.3, -0.25) is 0 Å². The molecule has 20 heavy (non-hydrogen) atoms. The van der Waals surface area contributed by atoms with Gasteiger partial charge < -0.3 is 0 Å². The van der Waals surface area contributed by atoms with Crippen LogP contribution in [0.15, 0.2) is 0 Å². The predicted octanol–water partition coefficient (Wildman–Crippen LogP) is 7.33. The topological polar surface area (TPSA) is 0 Å². The van der Waals surface area contributed by atoms with Gasteiger partial charge in [-0.15, -0.1) is 0 Å². The molecule has 0 rings (SSSR count). The van der Waals surface area contributed by atoms with Crippen molar-refractivity contribution in [2.24, 2.45) is 0 Å². The maximum Gasteiger partial charge on any atom is -0.00979 e. The van der Waals surface area contributed by atoms with Crippen LogP contribution in [-0.4, -0.2) is 11.5 Å². The summed E-state index contributed by atoms with van der Waals surface area (Å²) in [5, 5.41) is 0. The van der Waals surface area contributed by atoms with Crippen LogP contribution in [0.5, 0.6) is 0 Å². The van der Waals surface area contributed by atoms with Gasteiger partial charge in [0, 0.05) is 0 Å². The Morgan fingerprint density at radius 3 is 0.900 bits per heavy atom. The Bertz CT molecular complexity index is 123. The molecule has 0 radical (unpaired) electrons. The van der Waals surface area contributed by atoms with Crippen molar-refractivity contribution in [2.75, 3.05) is 11.5 Å². The van der Waals surface area contributed by atoms with E-state index in [1.807, 2.05) is 0 Å². The first-order valence-corrected chi connectivity index (χ1v) is 10.3. The second-order valence-corrected chi connectivity index (χ2v) is 6.58. The molecule has 0 unspecified atom stereocenters. The fourth-order valence-electron chi connectivity index (χ4n) is 2.14. The van der Waals surface area contributed by atoms with Gasteiger partial charge in [0.15, 0.2) is 0 Å². The van der Waals surface area contributed by atoms with Crippen LogP contribution in [0.1, 0.15) is 104 Å². The summed E-state index contributed by atoms with van der Waals surface area (Å²) in [4.78, 5) is 0. The van der Waals surface area contributed by atoms with Crippen LogP contribution in [0, 0.1) is 0 Å². The van der Waals surface area contributed by atoms with Crippen molar-refractivity contribution in [1.82, 2.24) is 0 Å². The fourth-order valence-corrected chi connectivity index (χ4v) is 2.59. The summed E-state index contributed by atoms with van der Waals surface area (Å²) >= 11 is 8.32. The molecule has 0 saturated carbocycles. The Kier molecular flexibility index (Phi) is 28.4. The summed E-state index contributed by atoms with van der Waals surface area (Å²) < 4.78 is 0. The summed E-state index contributed by atoms with van der Waals surface area (Å²) in [6, 6.07) is 0. The first-order chi connectivity index (χ1) is 9.83. The lowest BCUT2D eigenvalue weighted by molar-refractivity contribution is 0.586. The van der Waals surface area contributed by atoms with Gasteiger partial charge in [-0.05, 0) is 24.3 Å². The number of hydrogen-bond acceptors (Lipinski definition) is 2. The fraction of sp³-hybridized carbons (Fsp3) is 1.00. The van der Waals surface area contributed by atoms with Gasteiger partial charge in [0.1, 0.15) is 0 Å². The zero-order chi connectivity index (χ0) is 15.3. The minimum absolute atomic E-state index is 1.06. The van der Waals surface area contributed by atoms with Crippen molar-refractivity contribution >= 4 is 25.3 Å². The van der Waals surface area contributed by atoms with Gasteiger partial charge in [0.25, 0.3) is 0 Å². The van der Waals surface area contributed by atoms with Crippen molar-refractivity contribution in [3.8, 4) is 0 Å². The highest BCUT2D eigenvalue weighted by Crippen LogP contribution is 2.08. The minimum atomic E-state index is 1.06. The molecular formula is C18H40S2. The van der Waals surface area contributed by atoms with Crippen LogP contribution in [-0.2, 0) is 0 Å². The van der Waals surface area contributed by atoms with Crippen LogP contribution in [0.2, 0.25) is 0 Å². The second kappa shape index (κ2) is 24.7. The number of unbranched alkanes of at least 4 members (excludes halogenated alkanes) is 12. The van der Waals surface area contributed by atoms with Crippen molar-refractivity contribution < 1.29 is 0 Å². The van der Waals surface area contributed by atoms with Gasteiger partial charge in [-0.25, -0.2) is 0 Å². The van der Waals surface area contributed by atoms with Crippen molar-refractivity contribution in [1.29, 1.82) is 0 Å². The van der Waals surface area contributed by atoms with Crippen LogP contribution in [0.3, 0.4) is 0 Å². The lowest BCUT2D eigenvalue weighted by Gasteiger charge is -1.98. The highest BCUT2D eigenvalue weighted by atomic mass is 32.1. The molecule has 0 amide bonds. The molecule has 0 aromatic rings. The number of rotatable bonds is 14. The Balaban J connectivity index is 0. The predicted molar refractivity (Wildman–Crippen MR) is 104 cm³/mol. The van der Waals surface area contributed by atoms with E-state index in [1.165, 1.54) is 89.9 Å². The Labute approximate surface area is 140 Å². The monoisotopic (exact) mass is 320 g/mol. The highest BCUT2D eigenvalue weighted by molar-refractivity contribution is 7.80. The van der Waals surface area contributed by atoms with Crippen LogP contribution < -0.4 is 0 Å². The lowest BCUT2D eigenvalue weighted by atomic mass is 10.1. The maximum atomic E-state index is 4.18. The molecule has 0 fully saturated rings. The van der Waals surface area contributed by atoms with Gasteiger partial charge in [0.05, 0.1) is 0 Å². The molecule has 0 aliphatic rings. The second-order valence-electron chi connectivity index (χ2n) is 5.69. The Morgan fingerprint density at radius 1 is 0.400 bits per heavy atom. The van der Waals surface area contributed by atoms with Gasteiger partial charge >= 0.3 is 0 Å². The van der Waals surface area contributed by atoms with E-state index < -0.39 is 0 Å². The summed E-state index contributed by atoms with van der Waals surface area (Å²) in [5.74, 6) is 2.13. The van der Waals surface area contributed by atoms with Gasteiger partial charge in [-0.1, -0.05) is 90.9 Å². The van der Waals surface area contributed by atoms with Crippen LogP contribution in [0.25, 0.3) is 0 Å². The van der Waals surface area contributed by atoms with E-state index in [2.05, 4.69) is 39.1 Å². The third-order valence-electron chi connectivity index (χ3n) is 3.52. The number of hydrogen-bond donors (Lipinski definition) is 2. The molecule has 124 valence electrons. The zero-order valence-electron chi connectivity index (χ0n) is 14.2. The molecule has 0 spiro atoms. The molecule has 0 nitrogen and oxygen atoms in total. The van der Waals surface area contributed by atoms with Crippen molar-refractivity contribution in [3.05, 3.63) is 0 Å². The molecule has 0 aliphatic heterocycles. The number of thiol groups is 2. The molecule has 0 heterocycles. The molecule has 0 N–H and O–H groups in total. The molecule has 0 saturated heterocycles. The molecule has 0 aromatic heterocycles. The average molecular weight is 321 g/mol. The van der Waals surface area contributed by atoms with Crippen LogP contribution >= 0.6 is 25.3 Å². The summed E-state index contributed by atoms with van der Waals surface area (Å²) in [6.45, 7) is 4.51. The molecule has 0 aromatic carbocycles. The average Bonchev–Trinajstić information content (AvgIpc) is 2.47. The third kappa shape index (κ3) is 27.1. The minimum Gasteiger partial charge on any atom is -0.179 e. The zero-order valence-corrected chi connectivity index (χ0v) is 16.0. The molecule has 0 atom stereocenters. The standard InChI is InChI=1S/C10H22S.C8H18S/c1-2-3-4-5-6-7-8-9-10-11;1-2-3-4-5-6-7-8-9/h11H,2-10H2,1H3;9H,2-8H2,1H3. The van der Waals surface area contributed by atoms with Gasteiger partial charge in [0.2, 0.25) is 0 Å². The highest BCUT2D eigenvalue weighted by Gasteiger charge is 1.89. The third-order valence-corrected chi connectivity index (χ3v) is 4.16. The maximum absolute atomic E-state index is 4.18. The van der Waals surface area contributed by atoms with Crippen LogP contribution in [0.4, 0.5) is 0 Å². The first kappa shape index (κ1) is 23.0. The summed E-state index contributed by atoms with van der Waals surface area (Å²) in [7, 11) is 0. The smallest absolute Gasteiger partial charge is 0.00979 e. The summed E-state index contributed by atoms with van der Waals surface area (Å²) in [5.41, 5.74) is 0. The largest absolute Gasteiger partial charge is 0.179 e. The summed E-state index contributed by atoms with van der Waals surface area (Å²) in [6.07, 6.45) is 19.5. The van der Waals surface area contributed by atoms with E-state index in [4.69, 9.17) is 0 Å². The lowest BCUT2D eigenvalue weighted by Crippen LogP contribution is -1.80. The first-order valence-electron chi connectivity index (χ1n) is 9.05. The van der Waals surface area contributed by atoms with E-state index >= 15 is 0 Å². The van der Waals surface area contributed by atoms with E-state index in [0.717, 1.165) is 11.5 Å². The Morgan fingerprint density at radius 2 is 0.650 bits per heavy atom. The quantitative estimate of drug-likeness (QED) is 0.243. The van der Waals surface area contributed by atoms with E-state index in [0.29, 0.717) is 0 Å². The van der Waals surface area contributed by atoms with E-state index in [1.54, 1.807) is 0 Å². The van der Waals surface area contributed by atoms with E-state index in [9.17, 15) is 0 Å². The molecular weight excluding hydrogens is 280 g/mol. The molecule has 0 bridgehead atoms. The van der Waals surface area contributed by atoms with Gasteiger partial charge in [-0.2, -0.15) is 25.3 Å². The molecule has 2 heteroatoms. The molecule has 0 aliphatic carbocycles. The Hall–Kier alpha value is 0.700. The SMILES string of the molecule is CCCCCCCCCCS.CCCCCCCCS. The van der Waals surface area contributed by atoms with Crippen molar-refractivity contribution in [3.63, 3.8) is 0 Å².